The predicted octanol–water partition coefficient (Wildman–Crippen LogP) is 1.68. The summed E-state index contributed by atoms with van der Waals surface area (Å²) in [5, 5.41) is 9.35. The first-order valence-corrected chi connectivity index (χ1v) is 4.30. The molecule has 2 nitrogen and oxygen atoms in total. The van der Waals surface area contributed by atoms with Gasteiger partial charge in [-0.2, -0.15) is 0 Å². The molecular formula is C9H20O2. The van der Waals surface area contributed by atoms with Crippen molar-refractivity contribution in [1.82, 2.24) is 0 Å². The van der Waals surface area contributed by atoms with Gasteiger partial charge in [0, 0.05) is 13.7 Å². The fraction of sp³-hybridized carbons (Fsp3) is 1.00. The minimum absolute atomic E-state index is 0.217. The largest absolute Gasteiger partial charge is 0.393 e. The van der Waals surface area contributed by atoms with Crippen molar-refractivity contribution in [2.45, 2.75) is 33.3 Å². The minimum atomic E-state index is -0.217. The van der Waals surface area contributed by atoms with E-state index in [0.29, 0.717) is 11.8 Å². The Bertz CT molecular complexity index is 91.6. The topological polar surface area (TPSA) is 29.5 Å². The van der Waals surface area contributed by atoms with E-state index in [4.69, 9.17) is 4.74 Å². The van der Waals surface area contributed by atoms with E-state index in [9.17, 15) is 5.11 Å². The van der Waals surface area contributed by atoms with E-state index in [0.717, 1.165) is 13.0 Å². The van der Waals surface area contributed by atoms with Gasteiger partial charge in [0.15, 0.2) is 0 Å². The average Bonchev–Trinajstić information content (AvgIpc) is 1.88. The van der Waals surface area contributed by atoms with Crippen molar-refractivity contribution in [2.24, 2.45) is 11.8 Å². The molecule has 0 aromatic carbocycles. The van der Waals surface area contributed by atoms with Crippen molar-refractivity contribution in [1.29, 1.82) is 0 Å². The fourth-order valence-electron chi connectivity index (χ4n) is 1.61. The van der Waals surface area contributed by atoms with Crippen LogP contribution in [-0.4, -0.2) is 24.9 Å². The molecule has 2 heteroatoms. The van der Waals surface area contributed by atoms with Gasteiger partial charge in [-0.05, 0) is 18.8 Å². The third-order valence-electron chi connectivity index (χ3n) is 2.25. The Morgan fingerprint density at radius 2 is 1.91 bits per heavy atom. The quantitative estimate of drug-likeness (QED) is 0.663. The SMILES string of the molecule is CCC(C(C)O)C(C)COC. The molecule has 0 spiro atoms. The lowest BCUT2D eigenvalue weighted by molar-refractivity contribution is 0.0508. The van der Waals surface area contributed by atoms with Crippen LogP contribution in [0.15, 0.2) is 0 Å². The van der Waals surface area contributed by atoms with Crippen molar-refractivity contribution in [3.63, 3.8) is 0 Å². The Morgan fingerprint density at radius 1 is 1.36 bits per heavy atom. The third kappa shape index (κ3) is 3.73. The molecule has 0 bridgehead atoms. The van der Waals surface area contributed by atoms with Crippen molar-refractivity contribution >= 4 is 0 Å². The highest BCUT2D eigenvalue weighted by molar-refractivity contribution is 4.69. The van der Waals surface area contributed by atoms with Crippen LogP contribution in [0, 0.1) is 11.8 Å². The van der Waals surface area contributed by atoms with Crippen LogP contribution in [0.1, 0.15) is 27.2 Å². The monoisotopic (exact) mass is 160 g/mol. The van der Waals surface area contributed by atoms with Crippen LogP contribution in [0.2, 0.25) is 0 Å². The molecule has 11 heavy (non-hydrogen) atoms. The number of hydrogen-bond acceptors (Lipinski definition) is 2. The van der Waals surface area contributed by atoms with Gasteiger partial charge in [0.25, 0.3) is 0 Å². The zero-order chi connectivity index (χ0) is 8.85. The van der Waals surface area contributed by atoms with Crippen LogP contribution in [0.3, 0.4) is 0 Å². The van der Waals surface area contributed by atoms with Gasteiger partial charge < -0.3 is 9.84 Å². The standard InChI is InChI=1S/C9H20O2/c1-5-9(8(3)10)7(2)6-11-4/h7-10H,5-6H2,1-4H3. The van der Waals surface area contributed by atoms with E-state index in [1.165, 1.54) is 0 Å². The fourth-order valence-corrected chi connectivity index (χ4v) is 1.61. The summed E-state index contributed by atoms with van der Waals surface area (Å²) in [6.45, 7) is 6.80. The molecule has 0 amide bonds. The summed E-state index contributed by atoms with van der Waals surface area (Å²) >= 11 is 0. The number of ether oxygens (including phenoxy) is 1. The van der Waals surface area contributed by atoms with Gasteiger partial charge >= 0.3 is 0 Å². The number of rotatable bonds is 5. The van der Waals surface area contributed by atoms with Crippen LogP contribution in [0.4, 0.5) is 0 Å². The zero-order valence-electron chi connectivity index (χ0n) is 8.00. The molecule has 0 heterocycles. The van der Waals surface area contributed by atoms with Gasteiger partial charge in [-0.15, -0.1) is 0 Å². The van der Waals surface area contributed by atoms with Gasteiger partial charge in [-0.25, -0.2) is 0 Å². The van der Waals surface area contributed by atoms with Crippen molar-refractivity contribution in [2.75, 3.05) is 13.7 Å². The normalized spacial score (nSPS) is 19.4. The lowest BCUT2D eigenvalue weighted by atomic mass is 9.88. The molecule has 0 saturated heterocycles. The predicted molar refractivity (Wildman–Crippen MR) is 46.5 cm³/mol. The second kappa shape index (κ2) is 5.56. The highest BCUT2D eigenvalue weighted by Crippen LogP contribution is 2.19. The van der Waals surface area contributed by atoms with E-state index >= 15 is 0 Å². The molecule has 3 unspecified atom stereocenters. The Labute approximate surface area is 69.6 Å². The Kier molecular flexibility index (Phi) is 5.51. The maximum absolute atomic E-state index is 9.35. The molecule has 0 aliphatic heterocycles. The number of methoxy groups -OCH3 is 1. The first kappa shape index (κ1) is 10.9. The third-order valence-corrected chi connectivity index (χ3v) is 2.25. The Morgan fingerprint density at radius 3 is 2.18 bits per heavy atom. The van der Waals surface area contributed by atoms with Crippen LogP contribution in [-0.2, 0) is 4.74 Å². The summed E-state index contributed by atoms with van der Waals surface area (Å²) in [5.41, 5.74) is 0. The van der Waals surface area contributed by atoms with E-state index in [1.807, 2.05) is 6.92 Å². The van der Waals surface area contributed by atoms with E-state index < -0.39 is 0 Å². The summed E-state index contributed by atoms with van der Waals surface area (Å²) in [6.07, 6.45) is 0.799. The van der Waals surface area contributed by atoms with E-state index in [2.05, 4.69) is 13.8 Å². The molecule has 0 aromatic rings. The smallest absolute Gasteiger partial charge is 0.0543 e. The first-order valence-electron chi connectivity index (χ1n) is 4.30. The summed E-state index contributed by atoms with van der Waals surface area (Å²) in [4.78, 5) is 0. The summed E-state index contributed by atoms with van der Waals surface area (Å²) in [7, 11) is 1.70. The molecule has 0 saturated carbocycles. The molecule has 3 atom stereocenters. The first-order chi connectivity index (χ1) is 5.13. The van der Waals surface area contributed by atoms with Gasteiger partial charge in [0.05, 0.1) is 6.10 Å². The molecule has 68 valence electrons. The van der Waals surface area contributed by atoms with Gasteiger partial charge in [0.1, 0.15) is 0 Å². The molecule has 0 rings (SSSR count). The maximum Gasteiger partial charge on any atom is 0.0543 e. The Hall–Kier alpha value is -0.0800. The molecular weight excluding hydrogens is 140 g/mol. The number of aliphatic hydroxyl groups excluding tert-OH is 1. The highest BCUT2D eigenvalue weighted by Gasteiger charge is 2.19. The van der Waals surface area contributed by atoms with Gasteiger partial charge in [-0.1, -0.05) is 20.3 Å². The summed E-state index contributed by atoms with van der Waals surface area (Å²) in [5.74, 6) is 0.819. The van der Waals surface area contributed by atoms with E-state index in [-0.39, 0.29) is 6.10 Å². The number of aliphatic hydroxyl groups is 1. The zero-order valence-corrected chi connectivity index (χ0v) is 8.00. The van der Waals surface area contributed by atoms with Gasteiger partial charge in [0.2, 0.25) is 0 Å². The molecule has 0 radical (unpaired) electrons. The van der Waals surface area contributed by atoms with Crippen molar-refractivity contribution < 1.29 is 9.84 Å². The molecule has 0 aromatic heterocycles. The summed E-state index contributed by atoms with van der Waals surface area (Å²) < 4.78 is 5.03. The second-order valence-electron chi connectivity index (χ2n) is 3.25. The van der Waals surface area contributed by atoms with Crippen LogP contribution in [0.5, 0.6) is 0 Å². The van der Waals surface area contributed by atoms with Crippen LogP contribution >= 0.6 is 0 Å². The molecule has 0 fully saturated rings. The minimum Gasteiger partial charge on any atom is -0.393 e. The second-order valence-corrected chi connectivity index (χ2v) is 3.25. The Balaban J connectivity index is 3.81. The maximum atomic E-state index is 9.35. The van der Waals surface area contributed by atoms with Gasteiger partial charge in [-0.3, -0.25) is 0 Å². The van der Waals surface area contributed by atoms with Crippen LogP contribution in [0.25, 0.3) is 0 Å². The molecule has 0 aliphatic carbocycles. The van der Waals surface area contributed by atoms with E-state index in [1.54, 1.807) is 7.11 Å². The van der Waals surface area contributed by atoms with Crippen molar-refractivity contribution in [3.05, 3.63) is 0 Å². The van der Waals surface area contributed by atoms with Crippen molar-refractivity contribution in [3.8, 4) is 0 Å². The molecule has 0 aliphatic rings. The highest BCUT2D eigenvalue weighted by atomic mass is 16.5. The summed E-state index contributed by atoms with van der Waals surface area (Å²) in [6, 6.07) is 0. The van der Waals surface area contributed by atoms with Crippen LogP contribution < -0.4 is 0 Å². The lowest BCUT2D eigenvalue weighted by Gasteiger charge is -2.24. The number of hydrogen-bond donors (Lipinski definition) is 1. The average molecular weight is 160 g/mol. The lowest BCUT2D eigenvalue weighted by Crippen LogP contribution is -2.26. The molecule has 1 N–H and O–H groups in total.